The number of rotatable bonds is 5. The van der Waals surface area contributed by atoms with Gasteiger partial charge in [-0.1, -0.05) is 30.4 Å². The zero-order valence-electron chi connectivity index (χ0n) is 11.0. The topological polar surface area (TPSA) is 47.3 Å². The number of anilines is 1. The highest BCUT2D eigenvalue weighted by Crippen LogP contribution is 2.20. The van der Waals surface area contributed by atoms with Crippen LogP contribution in [-0.4, -0.2) is 12.1 Å². The molecule has 0 spiro atoms. The van der Waals surface area contributed by atoms with Crippen LogP contribution in [0, 0.1) is 5.82 Å². The zero-order valence-corrected chi connectivity index (χ0v) is 11.8. The number of nitrogens with one attached hydrogen (secondary N) is 1. The van der Waals surface area contributed by atoms with E-state index in [1.54, 1.807) is 19.2 Å². The Hall–Kier alpha value is -2.14. The third-order valence-electron chi connectivity index (χ3n) is 2.90. The van der Waals surface area contributed by atoms with Crippen LogP contribution in [0.15, 0.2) is 42.5 Å². The molecular weight excluding hydrogens is 275 g/mol. The minimum atomic E-state index is -0.419. The van der Waals surface area contributed by atoms with E-state index in [2.05, 4.69) is 5.32 Å². The van der Waals surface area contributed by atoms with Crippen molar-refractivity contribution in [3.63, 3.8) is 0 Å². The highest BCUT2D eigenvalue weighted by molar-refractivity contribution is 7.80. The van der Waals surface area contributed by atoms with Gasteiger partial charge in [0.25, 0.3) is 0 Å². The normalized spacial score (nSPS) is 10.1. The van der Waals surface area contributed by atoms with Crippen molar-refractivity contribution in [2.45, 2.75) is 6.54 Å². The van der Waals surface area contributed by atoms with E-state index in [0.29, 0.717) is 12.2 Å². The number of halogens is 1. The van der Waals surface area contributed by atoms with Crippen molar-refractivity contribution in [1.82, 2.24) is 0 Å². The number of hydrogen-bond acceptors (Lipinski definition) is 3. The minimum Gasteiger partial charge on any atom is -0.497 e. The average molecular weight is 290 g/mol. The van der Waals surface area contributed by atoms with Crippen LogP contribution < -0.4 is 15.8 Å². The molecule has 20 heavy (non-hydrogen) atoms. The van der Waals surface area contributed by atoms with Crippen molar-refractivity contribution in [3.8, 4) is 5.75 Å². The maximum absolute atomic E-state index is 13.7. The SMILES string of the molecule is COc1ccc(CNc2cccc(F)c2C(N)=S)cc1. The average Bonchev–Trinajstić information content (AvgIpc) is 2.45. The second-order valence-corrected chi connectivity index (χ2v) is 4.67. The van der Waals surface area contributed by atoms with E-state index in [-0.39, 0.29) is 10.6 Å². The summed E-state index contributed by atoms with van der Waals surface area (Å²) < 4.78 is 18.8. The first-order valence-corrected chi connectivity index (χ1v) is 6.47. The molecule has 0 amide bonds. The Kier molecular flexibility index (Phi) is 4.53. The van der Waals surface area contributed by atoms with Crippen LogP contribution in [0.2, 0.25) is 0 Å². The summed E-state index contributed by atoms with van der Waals surface area (Å²) in [4.78, 5) is 0.0420. The molecule has 0 fully saturated rings. The minimum absolute atomic E-state index is 0.0420. The molecule has 0 atom stereocenters. The summed E-state index contributed by atoms with van der Waals surface area (Å²) in [5.41, 5.74) is 7.44. The summed E-state index contributed by atoms with van der Waals surface area (Å²) in [5, 5.41) is 3.14. The summed E-state index contributed by atoms with van der Waals surface area (Å²) in [5.74, 6) is 0.376. The molecule has 0 saturated heterocycles. The summed E-state index contributed by atoms with van der Waals surface area (Å²) in [6, 6.07) is 12.3. The fraction of sp³-hybridized carbons (Fsp3) is 0.133. The molecule has 0 aromatic heterocycles. The van der Waals surface area contributed by atoms with Gasteiger partial charge in [-0.2, -0.15) is 0 Å². The predicted octanol–water partition coefficient (Wildman–Crippen LogP) is 3.08. The van der Waals surface area contributed by atoms with Gasteiger partial charge in [0.15, 0.2) is 0 Å². The van der Waals surface area contributed by atoms with Gasteiger partial charge in [-0.3, -0.25) is 0 Å². The maximum atomic E-state index is 13.7. The Balaban J connectivity index is 2.14. The van der Waals surface area contributed by atoms with E-state index >= 15 is 0 Å². The van der Waals surface area contributed by atoms with E-state index in [1.807, 2.05) is 24.3 Å². The molecule has 0 aliphatic rings. The van der Waals surface area contributed by atoms with E-state index in [0.717, 1.165) is 11.3 Å². The zero-order chi connectivity index (χ0) is 14.5. The Morgan fingerprint density at radius 1 is 1.25 bits per heavy atom. The van der Waals surface area contributed by atoms with E-state index in [9.17, 15) is 4.39 Å². The summed E-state index contributed by atoms with van der Waals surface area (Å²) in [6.45, 7) is 0.545. The fourth-order valence-corrected chi connectivity index (χ4v) is 2.07. The lowest BCUT2D eigenvalue weighted by Crippen LogP contribution is -2.15. The van der Waals surface area contributed by atoms with Gasteiger partial charge in [-0.15, -0.1) is 0 Å². The number of nitrogens with two attached hydrogens (primary N) is 1. The Morgan fingerprint density at radius 3 is 2.55 bits per heavy atom. The predicted molar refractivity (Wildman–Crippen MR) is 82.6 cm³/mol. The van der Waals surface area contributed by atoms with Crippen LogP contribution >= 0.6 is 12.2 Å². The van der Waals surface area contributed by atoms with Gasteiger partial charge in [0, 0.05) is 12.2 Å². The number of ether oxygens (including phenoxy) is 1. The molecule has 3 N–H and O–H groups in total. The van der Waals surface area contributed by atoms with Gasteiger partial charge < -0.3 is 15.8 Å². The molecule has 104 valence electrons. The lowest BCUT2D eigenvalue weighted by Gasteiger charge is -2.12. The van der Waals surface area contributed by atoms with Crippen molar-refractivity contribution in [2.75, 3.05) is 12.4 Å². The third kappa shape index (κ3) is 3.24. The first kappa shape index (κ1) is 14.3. The molecule has 2 aromatic carbocycles. The van der Waals surface area contributed by atoms with Gasteiger partial charge in [0.2, 0.25) is 0 Å². The molecule has 2 aromatic rings. The first-order chi connectivity index (χ1) is 9.61. The summed E-state index contributed by atoms with van der Waals surface area (Å²) in [6.07, 6.45) is 0. The molecule has 2 rings (SSSR count). The molecular formula is C15H15FN2OS. The van der Waals surface area contributed by atoms with Gasteiger partial charge in [-0.25, -0.2) is 4.39 Å². The van der Waals surface area contributed by atoms with Gasteiger partial charge in [0.1, 0.15) is 16.6 Å². The second-order valence-electron chi connectivity index (χ2n) is 4.23. The van der Waals surface area contributed by atoms with E-state index in [1.165, 1.54) is 6.07 Å². The molecule has 0 aliphatic carbocycles. The van der Waals surface area contributed by atoms with Crippen LogP contribution in [0.3, 0.4) is 0 Å². The van der Waals surface area contributed by atoms with Gasteiger partial charge >= 0.3 is 0 Å². The van der Waals surface area contributed by atoms with Crippen LogP contribution in [0.4, 0.5) is 10.1 Å². The first-order valence-electron chi connectivity index (χ1n) is 6.07. The summed E-state index contributed by atoms with van der Waals surface area (Å²) in [7, 11) is 1.62. The number of hydrogen-bond donors (Lipinski definition) is 2. The lowest BCUT2D eigenvalue weighted by molar-refractivity contribution is 0.414. The Bertz CT molecular complexity index is 614. The van der Waals surface area contributed by atoms with Crippen molar-refractivity contribution < 1.29 is 9.13 Å². The van der Waals surface area contributed by atoms with Gasteiger partial charge in [-0.05, 0) is 29.8 Å². The largest absolute Gasteiger partial charge is 0.497 e. The third-order valence-corrected chi connectivity index (χ3v) is 3.11. The Labute approximate surface area is 122 Å². The highest BCUT2D eigenvalue weighted by atomic mass is 32.1. The maximum Gasteiger partial charge on any atom is 0.135 e. The quantitative estimate of drug-likeness (QED) is 0.831. The van der Waals surface area contributed by atoms with Crippen LogP contribution in [0.25, 0.3) is 0 Å². The molecule has 0 heterocycles. The van der Waals surface area contributed by atoms with Crippen molar-refractivity contribution in [3.05, 3.63) is 59.4 Å². The lowest BCUT2D eigenvalue weighted by atomic mass is 10.1. The van der Waals surface area contributed by atoms with Crippen LogP contribution in [0.1, 0.15) is 11.1 Å². The highest BCUT2D eigenvalue weighted by Gasteiger charge is 2.10. The van der Waals surface area contributed by atoms with E-state index in [4.69, 9.17) is 22.7 Å². The molecule has 0 aliphatic heterocycles. The number of thiocarbonyl (C=S) groups is 1. The Morgan fingerprint density at radius 2 is 1.95 bits per heavy atom. The smallest absolute Gasteiger partial charge is 0.135 e. The van der Waals surface area contributed by atoms with Crippen LogP contribution in [0.5, 0.6) is 5.75 Å². The van der Waals surface area contributed by atoms with Crippen molar-refractivity contribution >= 4 is 22.9 Å². The van der Waals surface area contributed by atoms with Crippen molar-refractivity contribution in [2.24, 2.45) is 5.73 Å². The van der Waals surface area contributed by atoms with E-state index < -0.39 is 5.82 Å². The monoisotopic (exact) mass is 290 g/mol. The van der Waals surface area contributed by atoms with Crippen LogP contribution in [-0.2, 0) is 6.54 Å². The molecule has 5 heteroatoms. The molecule has 0 radical (unpaired) electrons. The summed E-state index contributed by atoms with van der Waals surface area (Å²) >= 11 is 4.88. The molecule has 0 bridgehead atoms. The number of benzene rings is 2. The molecule has 3 nitrogen and oxygen atoms in total. The molecule has 0 unspecified atom stereocenters. The second kappa shape index (κ2) is 6.34. The fourth-order valence-electron chi connectivity index (χ4n) is 1.86. The van der Waals surface area contributed by atoms with Gasteiger partial charge in [0.05, 0.1) is 12.7 Å². The standard InChI is InChI=1S/C15H15FN2OS/c1-19-11-7-5-10(6-8-11)9-18-13-4-2-3-12(16)14(13)15(17)20/h2-8,18H,9H2,1H3,(H2,17,20). The van der Waals surface area contributed by atoms with Crippen molar-refractivity contribution in [1.29, 1.82) is 0 Å². The molecule has 0 saturated carbocycles. The number of methoxy groups -OCH3 is 1.